The Hall–Kier alpha value is -1.90. The monoisotopic (exact) mass is 281 g/mol. The van der Waals surface area contributed by atoms with Gasteiger partial charge in [0.05, 0.1) is 0 Å². The van der Waals surface area contributed by atoms with E-state index in [9.17, 15) is 0 Å². The lowest BCUT2D eigenvalue weighted by molar-refractivity contribution is 1.47. The Morgan fingerprint density at radius 1 is 0.650 bits per heavy atom. The van der Waals surface area contributed by atoms with Gasteiger partial charge in [-0.3, -0.25) is 0 Å². The van der Waals surface area contributed by atoms with E-state index >= 15 is 0 Å². The van der Waals surface area contributed by atoms with Gasteiger partial charge in [0.15, 0.2) is 0 Å². The molecule has 0 saturated heterocycles. The number of aryl methyl sites for hydroxylation is 2. The summed E-state index contributed by atoms with van der Waals surface area (Å²) in [5.41, 5.74) is 6.53. The molecule has 0 aliphatic carbocycles. The lowest BCUT2D eigenvalue weighted by atomic mass is 10.0. The fraction of sp³-hybridized carbons (Fsp3) is 0.111. The van der Waals surface area contributed by atoms with Crippen molar-refractivity contribution in [1.29, 1.82) is 0 Å². The standard InChI is InChI=1S/C18H16S.H3N/c1-13-3-7-15(8-4-13)17-11-12-19-18(17)16-9-5-14(2)6-10-16;/h3-12H,1-2H3;1H3. The second kappa shape index (κ2) is 6.04. The molecule has 0 saturated carbocycles. The van der Waals surface area contributed by atoms with Crippen LogP contribution in [0.1, 0.15) is 11.1 Å². The minimum absolute atomic E-state index is 0. The molecule has 20 heavy (non-hydrogen) atoms. The molecule has 0 fully saturated rings. The van der Waals surface area contributed by atoms with E-state index in [0.717, 1.165) is 0 Å². The molecule has 0 atom stereocenters. The maximum atomic E-state index is 2.21. The van der Waals surface area contributed by atoms with Crippen LogP contribution in [0.2, 0.25) is 0 Å². The van der Waals surface area contributed by atoms with E-state index in [1.54, 1.807) is 0 Å². The summed E-state index contributed by atoms with van der Waals surface area (Å²) in [5, 5.41) is 2.17. The first-order chi connectivity index (χ1) is 9.24. The Bertz CT molecular complexity index is 618. The number of rotatable bonds is 2. The van der Waals surface area contributed by atoms with Crippen LogP contribution in [0.15, 0.2) is 60.0 Å². The second-order valence-corrected chi connectivity index (χ2v) is 5.81. The van der Waals surface area contributed by atoms with Crippen molar-refractivity contribution in [2.45, 2.75) is 13.8 Å². The van der Waals surface area contributed by atoms with Crippen LogP contribution in [0.25, 0.3) is 21.6 Å². The van der Waals surface area contributed by atoms with Crippen molar-refractivity contribution in [3.63, 3.8) is 0 Å². The molecule has 102 valence electrons. The Balaban J connectivity index is 0.00000147. The average Bonchev–Trinajstić information content (AvgIpc) is 2.90. The minimum Gasteiger partial charge on any atom is -0.344 e. The van der Waals surface area contributed by atoms with Gasteiger partial charge in [0.2, 0.25) is 0 Å². The number of thiophene rings is 1. The third-order valence-corrected chi connectivity index (χ3v) is 4.31. The van der Waals surface area contributed by atoms with Crippen LogP contribution >= 0.6 is 11.3 Å². The molecular formula is C18H19NS. The molecule has 0 unspecified atom stereocenters. The number of hydrogen-bond donors (Lipinski definition) is 1. The summed E-state index contributed by atoms with van der Waals surface area (Å²) in [5.74, 6) is 0. The fourth-order valence-corrected chi connectivity index (χ4v) is 3.12. The Morgan fingerprint density at radius 3 is 1.70 bits per heavy atom. The van der Waals surface area contributed by atoms with Crippen molar-refractivity contribution in [1.82, 2.24) is 6.15 Å². The summed E-state index contributed by atoms with van der Waals surface area (Å²) in [7, 11) is 0. The molecule has 0 spiro atoms. The molecule has 0 radical (unpaired) electrons. The zero-order chi connectivity index (χ0) is 13.2. The normalized spacial score (nSPS) is 10.1. The second-order valence-electron chi connectivity index (χ2n) is 4.90. The van der Waals surface area contributed by atoms with Crippen molar-refractivity contribution in [3.8, 4) is 21.6 Å². The third-order valence-electron chi connectivity index (χ3n) is 3.34. The minimum atomic E-state index is 0. The van der Waals surface area contributed by atoms with Crippen LogP contribution < -0.4 is 6.15 Å². The molecule has 0 bridgehead atoms. The van der Waals surface area contributed by atoms with E-state index in [2.05, 4.69) is 73.8 Å². The van der Waals surface area contributed by atoms with E-state index < -0.39 is 0 Å². The molecule has 3 aromatic rings. The zero-order valence-corrected chi connectivity index (χ0v) is 12.7. The molecule has 3 rings (SSSR count). The highest BCUT2D eigenvalue weighted by atomic mass is 32.1. The van der Waals surface area contributed by atoms with E-state index in [0.29, 0.717) is 0 Å². The topological polar surface area (TPSA) is 35.0 Å². The van der Waals surface area contributed by atoms with Crippen LogP contribution in [0.5, 0.6) is 0 Å². The molecule has 2 heteroatoms. The van der Waals surface area contributed by atoms with Gasteiger partial charge in [0.1, 0.15) is 0 Å². The molecule has 0 aliphatic rings. The summed E-state index contributed by atoms with van der Waals surface area (Å²) in [6.45, 7) is 4.25. The van der Waals surface area contributed by atoms with Gasteiger partial charge in [-0.15, -0.1) is 11.3 Å². The first-order valence-corrected chi connectivity index (χ1v) is 7.33. The highest BCUT2D eigenvalue weighted by Gasteiger charge is 2.08. The summed E-state index contributed by atoms with van der Waals surface area (Å²) in [4.78, 5) is 1.35. The smallest absolute Gasteiger partial charge is 0.0421 e. The Labute approximate surface area is 124 Å². The SMILES string of the molecule is Cc1ccc(-c2ccsc2-c2ccc(C)cc2)cc1.N. The zero-order valence-electron chi connectivity index (χ0n) is 11.9. The third kappa shape index (κ3) is 2.82. The lowest BCUT2D eigenvalue weighted by Gasteiger charge is -2.05. The highest BCUT2D eigenvalue weighted by molar-refractivity contribution is 7.14. The van der Waals surface area contributed by atoms with E-state index in [-0.39, 0.29) is 6.15 Å². The van der Waals surface area contributed by atoms with Gasteiger partial charge in [-0.25, -0.2) is 0 Å². The Morgan fingerprint density at radius 2 is 1.15 bits per heavy atom. The predicted octanol–water partition coefficient (Wildman–Crippen LogP) is 5.86. The average molecular weight is 281 g/mol. The maximum absolute atomic E-state index is 2.21. The molecule has 1 nitrogen and oxygen atoms in total. The van der Waals surface area contributed by atoms with Crippen molar-refractivity contribution in [2.24, 2.45) is 0 Å². The van der Waals surface area contributed by atoms with Crippen molar-refractivity contribution in [2.75, 3.05) is 0 Å². The van der Waals surface area contributed by atoms with Gasteiger partial charge in [-0.2, -0.15) is 0 Å². The van der Waals surface area contributed by atoms with Gasteiger partial charge in [0.25, 0.3) is 0 Å². The van der Waals surface area contributed by atoms with Gasteiger partial charge in [-0.05, 0) is 36.4 Å². The molecule has 1 heterocycles. The largest absolute Gasteiger partial charge is 0.344 e. The van der Waals surface area contributed by atoms with Crippen LogP contribution in [0.4, 0.5) is 0 Å². The molecule has 2 aromatic carbocycles. The van der Waals surface area contributed by atoms with Gasteiger partial charge >= 0.3 is 0 Å². The van der Waals surface area contributed by atoms with Crippen LogP contribution in [0, 0.1) is 13.8 Å². The predicted molar refractivity (Wildman–Crippen MR) is 89.7 cm³/mol. The maximum Gasteiger partial charge on any atom is 0.0421 e. The number of hydrogen-bond acceptors (Lipinski definition) is 2. The first-order valence-electron chi connectivity index (χ1n) is 6.45. The van der Waals surface area contributed by atoms with Crippen LogP contribution in [-0.2, 0) is 0 Å². The van der Waals surface area contributed by atoms with Crippen LogP contribution in [0.3, 0.4) is 0 Å². The number of benzene rings is 2. The van der Waals surface area contributed by atoms with Crippen molar-refractivity contribution in [3.05, 3.63) is 71.1 Å². The van der Waals surface area contributed by atoms with Gasteiger partial charge < -0.3 is 6.15 Å². The summed E-state index contributed by atoms with van der Waals surface area (Å²) < 4.78 is 0. The quantitative estimate of drug-likeness (QED) is 0.627. The summed E-state index contributed by atoms with van der Waals surface area (Å²) >= 11 is 1.81. The van der Waals surface area contributed by atoms with Crippen molar-refractivity contribution >= 4 is 11.3 Å². The Kier molecular flexibility index (Phi) is 4.38. The molecule has 0 aliphatic heterocycles. The van der Waals surface area contributed by atoms with Gasteiger partial charge in [0, 0.05) is 10.4 Å². The van der Waals surface area contributed by atoms with E-state index in [1.807, 2.05) is 11.3 Å². The van der Waals surface area contributed by atoms with E-state index in [1.165, 1.54) is 32.7 Å². The summed E-state index contributed by atoms with van der Waals surface area (Å²) in [6, 6.07) is 19.7. The first kappa shape index (κ1) is 14.5. The van der Waals surface area contributed by atoms with E-state index in [4.69, 9.17) is 0 Å². The molecular weight excluding hydrogens is 262 g/mol. The lowest BCUT2D eigenvalue weighted by Crippen LogP contribution is -1.80. The molecule has 3 N–H and O–H groups in total. The molecule has 1 aromatic heterocycles. The summed E-state index contributed by atoms with van der Waals surface area (Å²) in [6.07, 6.45) is 0. The fourth-order valence-electron chi connectivity index (χ4n) is 2.20. The van der Waals surface area contributed by atoms with Gasteiger partial charge in [-0.1, -0.05) is 59.7 Å². The van der Waals surface area contributed by atoms with Crippen LogP contribution in [-0.4, -0.2) is 0 Å². The highest BCUT2D eigenvalue weighted by Crippen LogP contribution is 2.36. The van der Waals surface area contributed by atoms with Crippen molar-refractivity contribution < 1.29 is 0 Å². The molecule has 0 amide bonds.